The summed E-state index contributed by atoms with van der Waals surface area (Å²) in [6, 6.07) is 17.7. The monoisotopic (exact) mass is 279 g/mol. The summed E-state index contributed by atoms with van der Waals surface area (Å²) in [6.45, 7) is 3.12. The minimum Gasteiger partial charge on any atom is -0.339 e. The summed E-state index contributed by atoms with van der Waals surface area (Å²) < 4.78 is 2.51. The Morgan fingerprint density at radius 2 is 1.85 bits per heavy atom. The molecule has 1 nitrogen and oxygen atoms in total. The molecule has 0 radical (unpaired) electrons. The van der Waals surface area contributed by atoms with Crippen molar-refractivity contribution in [1.29, 1.82) is 0 Å². The zero-order valence-electron chi connectivity index (χ0n) is 11.6. The molecule has 0 atom stereocenters. The Morgan fingerprint density at radius 1 is 1.05 bits per heavy atom. The highest BCUT2D eigenvalue weighted by Gasteiger charge is 2.21. The standard InChI is InChI=1S/C18H17NS/c1-13-6-8-14(9-7-13)12-19-16-5-3-2-4-15(16)18-17(19)10-11-20-18/h2-9H,10-12H2,1H3. The fourth-order valence-corrected chi connectivity index (χ4v) is 4.25. The van der Waals surface area contributed by atoms with Crippen LogP contribution in [0.4, 0.5) is 0 Å². The van der Waals surface area contributed by atoms with E-state index in [0.717, 1.165) is 6.54 Å². The van der Waals surface area contributed by atoms with E-state index in [1.807, 2.05) is 11.8 Å². The van der Waals surface area contributed by atoms with Crippen molar-refractivity contribution < 1.29 is 0 Å². The van der Waals surface area contributed by atoms with Gasteiger partial charge >= 0.3 is 0 Å². The lowest BCUT2D eigenvalue weighted by molar-refractivity contribution is 0.773. The molecule has 100 valence electrons. The van der Waals surface area contributed by atoms with Crippen LogP contribution in [0.1, 0.15) is 16.8 Å². The van der Waals surface area contributed by atoms with E-state index in [1.54, 1.807) is 0 Å². The minimum atomic E-state index is 0.983. The Labute approximate surface area is 123 Å². The largest absolute Gasteiger partial charge is 0.339 e. The van der Waals surface area contributed by atoms with Gasteiger partial charge in [-0.15, -0.1) is 11.8 Å². The molecule has 0 N–H and O–H groups in total. The molecule has 1 aliphatic heterocycles. The van der Waals surface area contributed by atoms with Crippen LogP contribution in [0, 0.1) is 6.92 Å². The highest BCUT2D eigenvalue weighted by molar-refractivity contribution is 7.99. The van der Waals surface area contributed by atoms with Gasteiger partial charge in [-0.2, -0.15) is 0 Å². The van der Waals surface area contributed by atoms with Crippen LogP contribution in [0.2, 0.25) is 0 Å². The Bertz CT molecular complexity index is 768. The summed E-state index contributed by atoms with van der Waals surface area (Å²) in [5.74, 6) is 1.23. The molecule has 0 bridgehead atoms. The van der Waals surface area contributed by atoms with E-state index in [2.05, 4.69) is 60.0 Å². The number of hydrogen-bond acceptors (Lipinski definition) is 1. The fraction of sp³-hybridized carbons (Fsp3) is 0.222. The van der Waals surface area contributed by atoms with Crippen molar-refractivity contribution in [2.45, 2.75) is 24.8 Å². The number of hydrogen-bond donors (Lipinski definition) is 0. The van der Waals surface area contributed by atoms with Crippen LogP contribution in [0.5, 0.6) is 0 Å². The third kappa shape index (κ3) is 1.87. The van der Waals surface area contributed by atoms with E-state index in [0.29, 0.717) is 0 Å². The summed E-state index contributed by atoms with van der Waals surface area (Å²) in [6.07, 6.45) is 1.19. The molecule has 0 aliphatic carbocycles. The van der Waals surface area contributed by atoms with Gasteiger partial charge in [-0.25, -0.2) is 0 Å². The molecule has 2 aromatic carbocycles. The van der Waals surface area contributed by atoms with Gasteiger partial charge in [-0.05, 0) is 25.0 Å². The predicted molar refractivity (Wildman–Crippen MR) is 86.6 cm³/mol. The second-order valence-corrected chi connectivity index (χ2v) is 6.57. The number of fused-ring (bicyclic) bond motifs is 3. The summed E-state index contributed by atoms with van der Waals surface area (Å²) in [7, 11) is 0. The molecule has 0 spiro atoms. The van der Waals surface area contributed by atoms with Crippen molar-refractivity contribution in [1.82, 2.24) is 4.57 Å². The molecule has 0 saturated carbocycles. The first-order valence-corrected chi connectivity index (χ1v) is 8.10. The highest BCUT2D eigenvalue weighted by atomic mass is 32.2. The van der Waals surface area contributed by atoms with Gasteiger partial charge in [0.15, 0.2) is 0 Å². The number of nitrogens with zero attached hydrogens (tertiary/aromatic N) is 1. The smallest absolute Gasteiger partial charge is 0.0497 e. The quantitative estimate of drug-likeness (QED) is 0.661. The molecule has 2 heteroatoms. The van der Waals surface area contributed by atoms with Crippen LogP contribution in [-0.4, -0.2) is 10.3 Å². The van der Waals surface area contributed by atoms with E-state index < -0.39 is 0 Å². The molecule has 1 aromatic heterocycles. The van der Waals surface area contributed by atoms with E-state index in [9.17, 15) is 0 Å². The first kappa shape index (κ1) is 12.1. The van der Waals surface area contributed by atoms with Crippen molar-refractivity contribution >= 4 is 22.7 Å². The molecule has 0 saturated heterocycles. The lowest BCUT2D eigenvalue weighted by Gasteiger charge is -2.09. The Morgan fingerprint density at radius 3 is 2.70 bits per heavy atom. The summed E-state index contributed by atoms with van der Waals surface area (Å²) in [5, 5.41) is 1.43. The zero-order valence-corrected chi connectivity index (χ0v) is 12.4. The summed E-state index contributed by atoms with van der Waals surface area (Å²) in [5.41, 5.74) is 5.62. The van der Waals surface area contributed by atoms with E-state index in [1.165, 1.54) is 44.8 Å². The highest BCUT2D eigenvalue weighted by Crippen LogP contribution is 2.40. The average molecular weight is 279 g/mol. The maximum atomic E-state index is 2.51. The second kappa shape index (κ2) is 4.71. The lowest BCUT2D eigenvalue weighted by atomic mass is 10.1. The molecule has 0 unspecified atom stereocenters. The van der Waals surface area contributed by atoms with Crippen molar-refractivity contribution in [2.75, 3.05) is 5.75 Å². The van der Waals surface area contributed by atoms with Gasteiger partial charge in [0.25, 0.3) is 0 Å². The van der Waals surface area contributed by atoms with Crippen molar-refractivity contribution in [3.8, 4) is 0 Å². The molecule has 3 aromatic rings. The number of aryl methyl sites for hydroxylation is 1. The number of para-hydroxylation sites is 1. The SMILES string of the molecule is Cc1ccc(Cn2c3c(c4ccccc42)SCC3)cc1. The molecule has 4 rings (SSSR count). The molecule has 1 aliphatic rings. The number of thioether (sulfide) groups is 1. The Kier molecular flexibility index (Phi) is 2.85. The van der Waals surface area contributed by atoms with Gasteiger partial charge < -0.3 is 4.57 Å². The van der Waals surface area contributed by atoms with Crippen LogP contribution < -0.4 is 0 Å². The predicted octanol–water partition coefficient (Wildman–Crippen LogP) is 4.65. The van der Waals surface area contributed by atoms with Gasteiger partial charge in [-0.1, -0.05) is 48.0 Å². The van der Waals surface area contributed by atoms with Crippen LogP contribution in [-0.2, 0) is 13.0 Å². The van der Waals surface area contributed by atoms with Crippen molar-refractivity contribution in [2.24, 2.45) is 0 Å². The number of aromatic nitrogens is 1. The maximum absolute atomic E-state index is 2.51. The molecule has 20 heavy (non-hydrogen) atoms. The van der Waals surface area contributed by atoms with Crippen molar-refractivity contribution in [3.63, 3.8) is 0 Å². The number of benzene rings is 2. The molecule has 2 heterocycles. The average Bonchev–Trinajstić information content (AvgIpc) is 3.05. The second-order valence-electron chi connectivity index (χ2n) is 5.46. The minimum absolute atomic E-state index is 0.983. The van der Waals surface area contributed by atoms with Gasteiger partial charge in [0, 0.05) is 33.8 Å². The lowest BCUT2D eigenvalue weighted by Crippen LogP contribution is -2.03. The van der Waals surface area contributed by atoms with Crippen LogP contribution in [0.25, 0.3) is 10.9 Å². The normalized spacial score (nSPS) is 13.8. The van der Waals surface area contributed by atoms with Crippen LogP contribution in [0.15, 0.2) is 53.4 Å². The van der Waals surface area contributed by atoms with Crippen LogP contribution >= 0.6 is 11.8 Å². The van der Waals surface area contributed by atoms with Gasteiger partial charge in [0.2, 0.25) is 0 Å². The summed E-state index contributed by atoms with van der Waals surface area (Å²) >= 11 is 2.01. The molecule has 0 fully saturated rings. The Hall–Kier alpha value is -1.67. The van der Waals surface area contributed by atoms with Crippen molar-refractivity contribution in [3.05, 3.63) is 65.4 Å². The first-order chi connectivity index (χ1) is 9.83. The third-order valence-corrected chi connectivity index (χ3v) is 5.23. The van der Waals surface area contributed by atoms with E-state index in [4.69, 9.17) is 0 Å². The first-order valence-electron chi connectivity index (χ1n) is 7.11. The summed E-state index contributed by atoms with van der Waals surface area (Å²) in [4.78, 5) is 1.51. The van der Waals surface area contributed by atoms with E-state index in [-0.39, 0.29) is 0 Å². The maximum Gasteiger partial charge on any atom is 0.0497 e. The van der Waals surface area contributed by atoms with Gasteiger partial charge in [0.1, 0.15) is 0 Å². The van der Waals surface area contributed by atoms with E-state index >= 15 is 0 Å². The fourth-order valence-electron chi connectivity index (χ4n) is 3.04. The topological polar surface area (TPSA) is 4.93 Å². The Balaban J connectivity index is 1.85. The molecular formula is C18H17NS. The molecule has 0 amide bonds. The number of rotatable bonds is 2. The third-order valence-electron chi connectivity index (χ3n) is 4.07. The molecular weight excluding hydrogens is 262 g/mol. The van der Waals surface area contributed by atoms with Gasteiger partial charge in [-0.3, -0.25) is 0 Å². The zero-order chi connectivity index (χ0) is 13.5. The van der Waals surface area contributed by atoms with Gasteiger partial charge in [0.05, 0.1) is 0 Å². The van der Waals surface area contributed by atoms with Crippen LogP contribution in [0.3, 0.4) is 0 Å².